The van der Waals surface area contributed by atoms with Gasteiger partial charge in [-0.1, -0.05) is 59.6 Å². The second-order valence-corrected chi connectivity index (χ2v) is 11.4. The van der Waals surface area contributed by atoms with Crippen molar-refractivity contribution in [3.05, 3.63) is 137 Å². The summed E-state index contributed by atoms with van der Waals surface area (Å²) in [5.74, 6) is 0.438. The maximum atomic E-state index is 13.6. The standard InChI is InChI=1S/C31H25ClN2O5S/c1-22-5-15-27(16-6-22)40(36,37)30-18-17-28(39-30)31(35)34(29-4-2-3-19-33-29)20-23-9-13-26(14-10-23)38-21-24-7-11-25(32)12-8-24/h2-19H,20-21H2,1H3. The van der Waals surface area contributed by atoms with E-state index in [0.29, 0.717) is 23.2 Å². The number of pyridine rings is 1. The summed E-state index contributed by atoms with van der Waals surface area (Å²) >= 11 is 5.94. The summed E-state index contributed by atoms with van der Waals surface area (Å²) in [5, 5.41) is 0.363. The molecule has 0 saturated carbocycles. The number of hydrogen-bond donors (Lipinski definition) is 0. The molecule has 0 fully saturated rings. The van der Waals surface area contributed by atoms with Crippen LogP contribution in [-0.2, 0) is 23.0 Å². The van der Waals surface area contributed by atoms with Crippen molar-refractivity contribution < 1.29 is 22.4 Å². The number of aromatic nitrogens is 1. The van der Waals surface area contributed by atoms with Crippen molar-refractivity contribution in [2.75, 3.05) is 4.90 Å². The SMILES string of the molecule is Cc1ccc(S(=O)(=O)c2ccc(C(=O)N(Cc3ccc(OCc4ccc(Cl)cc4)cc3)c3ccccn3)o2)cc1. The second kappa shape index (κ2) is 11.8. The van der Waals surface area contributed by atoms with Gasteiger partial charge in [-0.25, -0.2) is 13.4 Å². The Morgan fingerprint density at radius 1 is 0.875 bits per heavy atom. The third-order valence-corrected chi connectivity index (χ3v) is 8.04. The smallest absolute Gasteiger partial charge is 0.295 e. The van der Waals surface area contributed by atoms with Gasteiger partial charge in [0.25, 0.3) is 5.91 Å². The monoisotopic (exact) mass is 572 g/mol. The third kappa shape index (κ3) is 6.25. The highest BCUT2D eigenvalue weighted by molar-refractivity contribution is 7.91. The van der Waals surface area contributed by atoms with Crippen LogP contribution in [0, 0.1) is 6.92 Å². The zero-order valence-electron chi connectivity index (χ0n) is 21.5. The fraction of sp³-hybridized carbons (Fsp3) is 0.0968. The number of halogens is 1. The van der Waals surface area contributed by atoms with Crippen LogP contribution in [0.3, 0.4) is 0 Å². The van der Waals surface area contributed by atoms with E-state index in [9.17, 15) is 13.2 Å². The van der Waals surface area contributed by atoms with Crippen molar-refractivity contribution in [3.63, 3.8) is 0 Å². The highest BCUT2D eigenvalue weighted by atomic mass is 35.5. The average molecular weight is 573 g/mol. The van der Waals surface area contributed by atoms with E-state index in [1.54, 1.807) is 36.5 Å². The molecule has 3 aromatic carbocycles. The Hall–Kier alpha value is -4.40. The minimum Gasteiger partial charge on any atom is -0.489 e. The molecule has 0 saturated heterocycles. The molecule has 0 atom stereocenters. The first-order valence-corrected chi connectivity index (χ1v) is 14.3. The number of carbonyl (C=O) groups excluding carboxylic acids is 1. The van der Waals surface area contributed by atoms with Crippen LogP contribution in [0.15, 0.2) is 124 Å². The predicted molar refractivity (Wildman–Crippen MR) is 152 cm³/mol. The number of furan rings is 1. The van der Waals surface area contributed by atoms with E-state index in [-0.39, 0.29) is 22.3 Å². The van der Waals surface area contributed by atoms with Crippen LogP contribution in [-0.4, -0.2) is 19.3 Å². The molecule has 7 nitrogen and oxygen atoms in total. The van der Waals surface area contributed by atoms with E-state index in [1.165, 1.54) is 29.2 Å². The van der Waals surface area contributed by atoms with Crippen molar-refractivity contribution >= 4 is 33.2 Å². The number of amides is 1. The largest absolute Gasteiger partial charge is 0.489 e. The number of carbonyl (C=O) groups is 1. The van der Waals surface area contributed by atoms with Gasteiger partial charge in [-0.2, -0.15) is 0 Å². The molecule has 40 heavy (non-hydrogen) atoms. The molecule has 2 aromatic heterocycles. The third-order valence-electron chi connectivity index (χ3n) is 6.14. The van der Waals surface area contributed by atoms with Crippen molar-refractivity contribution in [2.45, 2.75) is 30.1 Å². The summed E-state index contributed by atoms with van der Waals surface area (Å²) < 4.78 is 37.6. The number of aryl methyl sites for hydroxylation is 1. The molecule has 9 heteroatoms. The van der Waals surface area contributed by atoms with E-state index in [2.05, 4.69) is 4.98 Å². The Labute approximate surface area is 237 Å². The molecule has 0 aliphatic rings. The van der Waals surface area contributed by atoms with Crippen LogP contribution in [0.4, 0.5) is 5.82 Å². The lowest BCUT2D eigenvalue weighted by Gasteiger charge is -2.21. The van der Waals surface area contributed by atoms with Gasteiger partial charge >= 0.3 is 0 Å². The Morgan fingerprint density at radius 2 is 1.57 bits per heavy atom. The summed E-state index contributed by atoms with van der Waals surface area (Å²) in [4.78, 5) is 19.4. The maximum Gasteiger partial charge on any atom is 0.295 e. The van der Waals surface area contributed by atoms with Crippen molar-refractivity contribution in [2.24, 2.45) is 0 Å². The normalized spacial score (nSPS) is 11.2. The molecular formula is C31H25ClN2O5S. The molecule has 0 radical (unpaired) electrons. The quantitative estimate of drug-likeness (QED) is 0.191. The van der Waals surface area contributed by atoms with Crippen LogP contribution in [0.1, 0.15) is 27.2 Å². The topological polar surface area (TPSA) is 89.7 Å². The number of nitrogens with zero attached hydrogens (tertiary/aromatic N) is 2. The maximum absolute atomic E-state index is 13.6. The first kappa shape index (κ1) is 27.2. The zero-order valence-corrected chi connectivity index (χ0v) is 23.1. The number of benzene rings is 3. The van der Waals surface area contributed by atoms with Crippen LogP contribution in [0.5, 0.6) is 5.75 Å². The zero-order chi connectivity index (χ0) is 28.1. The number of ether oxygens (including phenoxy) is 1. The molecule has 0 bridgehead atoms. The molecule has 2 heterocycles. The highest BCUT2D eigenvalue weighted by Gasteiger charge is 2.27. The van der Waals surface area contributed by atoms with Gasteiger partial charge in [-0.15, -0.1) is 0 Å². The van der Waals surface area contributed by atoms with E-state index in [0.717, 1.165) is 16.7 Å². The number of rotatable bonds is 9. The number of hydrogen-bond acceptors (Lipinski definition) is 6. The molecule has 0 N–H and O–H groups in total. The van der Waals surface area contributed by atoms with Gasteiger partial charge in [0.05, 0.1) is 11.4 Å². The molecule has 202 valence electrons. The average Bonchev–Trinajstić information content (AvgIpc) is 3.48. The molecule has 0 spiro atoms. The number of anilines is 1. The summed E-state index contributed by atoms with van der Waals surface area (Å²) in [6, 6.07) is 29.1. The van der Waals surface area contributed by atoms with Gasteiger partial charge in [0.1, 0.15) is 18.2 Å². The van der Waals surface area contributed by atoms with Gasteiger partial charge in [-0.3, -0.25) is 9.69 Å². The lowest BCUT2D eigenvalue weighted by Crippen LogP contribution is -2.30. The minimum absolute atomic E-state index is 0.0893. The van der Waals surface area contributed by atoms with Gasteiger partial charge in [0, 0.05) is 11.2 Å². The van der Waals surface area contributed by atoms with Crippen LogP contribution in [0.25, 0.3) is 0 Å². The number of sulfone groups is 1. The first-order valence-electron chi connectivity index (χ1n) is 12.4. The molecule has 0 unspecified atom stereocenters. The Balaban J connectivity index is 1.34. The van der Waals surface area contributed by atoms with Gasteiger partial charge in [0.2, 0.25) is 14.9 Å². The van der Waals surface area contributed by atoms with Crippen molar-refractivity contribution in [1.82, 2.24) is 4.98 Å². The highest BCUT2D eigenvalue weighted by Crippen LogP contribution is 2.26. The van der Waals surface area contributed by atoms with Crippen LogP contribution in [0.2, 0.25) is 5.02 Å². The van der Waals surface area contributed by atoms with Crippen LogP contribution >= 0.6 is 11.6 Å². The Kier molecular flexibility index (Phi) is 8.00. The summed E-state index contributed by atoms with van der Waals surface area (Å²) in [6.45, 7) is 2.43. The van der Waals surface area contributed by atoms with E-state index >= 15 is 0 Å². The summed E-state index contributed by atoms with van der Waals surface area (Å²) in [7, 11) is -3.92. The van der Waals surface area contributed by atoms with Gasteiger partial charge in [0.15, 0.2) is 5.76 Å². The van der Waals surface area contributed by atoms with Crippen molar-refractivity contribution in [3.8, 4) is 5.75 Å². The molecule has 5 aromatic rings. The second-order valence-electron chi connectivity index (χ2n) is 9.07. The lowest BCUT2D eigenvalue weighted by molar-refractivity contribution is 0.0952. The van der Waals surface area contributed by atoms with Gasteiger partial charge < -0.3 is 9.15 Å². The Bertz CT molecular complexity index is 1700. The first-order chi connectivity index (χ1) is 19.3. The molecular weight excluding hydrogens is 548 g/mol. The fourth-order valence-electron chi connectivity index (χ4n) is 3.94. The molecule has 1 amide bonds. The molecule has 0 aliphatic carbocycles. The van der Waals surface area contributed by atoms with E-state index in [4.69, 9.17) is 20.8 Å². The Morgan fingerprint density at radius 3 is 2.25 bits per heavy atom. The summed E-state index contributed by atoms with van der Waals surface area (Å²) in [5.41, 5.74) is 2.74. The predicted octanol–water partition coefficient (Wildman–Crippen LogP) is 6.90. The summed E-state index contributed by atoms with van der Waals surface area (Å²) in [6.07, 6.45) is 1.58. The minimum atomic E-state index is -3.92. The van der Waals surface area contributed by atoms with Gasteiger partial charge in [-0.05, 0) is 78.7 Å². The van der Waals surface area contributed by atoms with Crippen molar-refractivity contribution in [1.29, 1.82) is 0 Å². The fourth-order valence-corrected chi connectivity index (χ4v) is 5.24. The lowest BCUT2D eigenvalue weighted by atomic mass is 10.2. The molecule has 0 aliphatic heterocycles. The van der Waals surface area contributed by atoms with E-state index in [1.807, 2.05) is 55.5 Å². The van der Waals surface area contributed by atoms with Crippen LogP contribution < -0.4 is 9.64 Å². The van der Waals surface area contributed by atoms with E-state index < -0.39 is 15.7 Å². The molecule has 5 rings (SSSR count).